The Morgan fingerprint density at radius 2 is 2.25 bits per heavy atom. The first kappa shape index (κ1) is 11.9. The van der Waals surface area contributed by atoms with Crippen molar-refractivity contribution < 1.29 is 4.74 Å². The van der Waals surface area contributed by atoms with Crippen molar-refractivity contribution in [2.75, 3.05) is 6.61 Å². The van der Waals surface area contributed by atoms with Gasteiger partial charge in [-0.05, 0) is 55.9 Å². The van der Waals surface area contributed by atoms with Crippen LogP contribution in [0.5, 0.6) is 5.75 Å². The van der Waals surface area contributed by atoms with Crippen LogP contribution in [0.15, 0.2) is 16.6 Å². The fourth-order valence-corrected chi connectivity index (χ4v) is 2.73. The van der Waals surface area contributed by atoms with E-state index in [1.54, 1.807) is 0 Å². The Morgan fingerprint density at radius 3 is 3.00 bits per heavy atom. The summed E-state index contributed by atoms with van der Waals surface area (Å²) >= 11 is 3.56. The lowest BCUT2D eigenvalue weighted by atomic mass is 10.0. The zero-order valence-electron chi connectivity index (χ0n) is 9.63. The summed E-state index contributed by atoms with van der Waals surface area (Å²) in [5, 5.41) is 0. The number of halogens is 1. The Bertz CT molecular complexity index is 376. The van der Waals surface area contributed by atoms with Gasteiger partial charge in [0.05, 0.1) is 6.61 Å². The van der Waals surface area contributed by atoms with Gasteiger partial charge < -0.3 is 10.5 Å². The van der Waals surface area contributed by atoms with E-state index < -0.39 is 0 Å². The summed E-state index contributed by atoms with van der Waals surface area (Å²) in [6.07, 6.45) is 4.34. The minimum atomic E-state index is 0.172. The van der Waals surface area contributed by atoms with E-state index in [0.29, 0.717) is 0 Å². The Labute approximate surface area is 105 Å². The first-order chi connectivity index (χ1) is 7.66. The topological polar surface area (TPSA) is 35.2 Å². The molecule has 0 aromatic heterocycles. The molecule has 0 saturated carbocycles. The molecule has 1 unspecified atom stereocenters. The van der Waals surface area contributed by atoms with E-state index in [1.807, 2.05) is 6.92 Å². The van der Waals surface area contributed by atoms with E-state index in [-0.39, 0.29) is 6.04 Å². The third kappa shape index (κ3) is 2.77. The minimum Gasteiger partial charge on any atom is -0.493 e. The molecule has 3 heteroatoms. The minimum absolute atomic E-state index is 0.172. The van der Waals surface area contributed by atoms with Crippen molar-refractivity contribution >= 4 is 15.9 Å². The monoisotopic (exact) mass is 283 g/mol. The van der Waals surface area contributed by atoms with Crippen LogP contribution >= 0.6 is 15.9 Å². The van der Waals surface area contributed by atoms with Crippen molar-refractivity contribution in [3.63, 3.8) is 0 Å². The zero-order chi connectivity index (χ0) is 11.5. The molecule has 0 saturated heterocycles. The SMILES string of the molecule is CC(N)Cc1cc(Br)cc2c1OCCCC2. The highest BCUT2D eigenvalue weighted by Crippen LogP contribution is 2.32. The van der Waals surface area contributed by atoms with Crippen molar-refractivity contribution in [1.29, 1.82) is 0 Å². The molecule has 1 atom stereocenters. The van der Waals surface area contributed by atoms with E-state index >= 15 is 0 Å². The number of nitrogens with two attached hydrogens (primary N) is 1. The predicted molar refractivity (Wildman–Crippen MR) is 69.9 cm³/mol. The fraction of sp³-hybridized carbons (Fsp3) is 0.538. The van der Waals surface area contributed by atoms with Gasteiger partial charge in [0.15, 0.2) is 0 Å². The highest BCUT2D eigenvalue weighted by molar-refractivity contribution is 9.10. The van der Waals surface area contributed by atoms with Crippen molar-refractivity contribution in [2.45, 2.75) is 38.6 Å². The number of aryl methyl sites for hydroxylation is 1. The average Bonchev–Trinajstić information content (AvgIpc) is 2.41. The predicted octanol–water partition coefficient (Wildman–Crippen LogP) is 3.05. The van der Waals surface area contributed by atoms with E-state index in [4.69, 9.17) is 10.5 Å². The van der Waals surface area contributed by atoms with E-state index in [9.17, 15) is 0 Å². The van der Waals surface area contributed by atoms with Crippen LogP contribution in [-0.4, -0.2) is 12.6 Å². The molecule has 2 rings (SSSR count). The van der Waals surface area contributed by atoms with Gasteiger partial charge in [-0.3, -0.25) is 0 Å². The van der Waals surface area contributed by atoms with Crippen LogP contribution in [0.25, 0.3) is 0 Å². The summed E-state index contributed by atoms with van der Waals surface area (Å²) in [4.78, 5) is 0. The molecule has 88 valence electrons. The molecule has 0 bridgehead atoms. The average molecular weight is 284 g/mol. The first-order valence-corrected chi connectivity index (χ1v) is 6.66. The molecule has 16 heavy (non-hydrogen) atoms. The number of hydrogen-bond acceptors (Lipinski definition) is 2. The van der Waals surface area contributed by atoms with E-state index in [0.717, 1.165) is 36.1 Å². The van der Waals surface area contributed by atoms with E-state index in [2.05, 4.69) is 28.1 Å². The van der Waals surface area contributed by atoms with Crippen molar-refractivity contribution in [1.82, 2.24) is 0 Å². The van der Waals surface area contributed by atoms with Crippen LogP contribution in [0.4, 0.5) is 0 Å². The maximum atomic E-state index is 5.88. The summed E-state index contributed by atoms with van der Waals surface area (Å²) in [6, 6.07) is 4.48. The third-order valence-corrected chi connectivity index (χ3v) is 3.29. The van der Waals surface area contributed by atoms with Crippen molar-refractivity contribution in [2.24, 2.45) is 5.73 Å². The van der Waals surface area contributed by atoms with Gasteiger partial charge in [-0.15, -0.1) is 0 Å². The fourth-order valence-electron chi connectivity index (χ4n) is 2.17. The number of ether oxygens (including phenoxy) is 1. The van der Waals surface area contributed by atoms with Gasteiger partial charge in [-0.25, -0.2) is 0 Å². The van der Waals surface area contributed by atoms with Crippen molar-refractivity contribution in [3.8, 4) is 5.75 Å². The van der Waals surface area contributed by atoms with Gasteiger partial charge >= 0.3 is 0 Å². The Hall–Kier alpha value is -0.540. The molecule has 0 fully saturated rings. The standard InChI is InChI=1S/C13H18BrNO/c1-9(15)6-11-8-12(14)7-10-4-2-3-5-16-13(10)11/h7-9H,2-6,15H2,1H3. The third-order valence-electron chi connectivity index (χ3n) is 2.84. The number of fused-ring (bicyclic) bond motifs is 1. The van der Waals surface area contributed by atoms with Gasteiger partial charge in [0.1, 0.15) is 5.75 Å². The Morgan fingerprint density at radius 1 is 1.44 bits per heavy atom. The van der Waals surface area contributed by atoms with Crippen LogP contribution in [0.2, 0.25) is 0 Å². The van der Waals surface area contributed by atoms with Gasteiger partial charge in [0, 0.05) is 10.5 Å². The summed E-state index contributed by atoms with van der Waals surface area (Å²) in [5.74, 6) is 1.08. The summed E-state index contributed by atoms with van der Waals surface area (Å²) < 4.78 is 6.99. The normalized spacial score (nSPS) is 17.2. The number of hydrogen-bond donors (Lipinski definition) is 1. The molecule has 1 aliphatic heterocycles. The quantitative estimate of drug-likeness (QED) is 0.906. The van der Waals surface area contributed by atoms with Crippen molar-refractivity contribution in [3.05, 3.63) is 27.7 Å². The number of rotatable bonds is 2. The lowest BCUT2D eigenvalue weighted by molar-refractivity contribution is 0.313. The first-order valence-electron chi connectivity index (χ1n) is 5.86. The molecule has 2 nitrogen and oxygen atoms in total. The molecule has 1 heterocycles. The summed E-state index contributed by atoms with van der Waals surface area (Å²) in [5.41, 5.74) is 8.43. The maximum Gasteiger partial charge on any atom is 0.125 e. The second kappa shape index (κ2) is 5.19. The molecule has 2 N–H and O–H groups in total. The van der Waals surface area contributed by atoms with Crippen LogP contribution < -0.4 is 10.5 Å². The molecule has 0 spiro atoms. The molecule has 0 radical (unpaired) electrons. The van der Waals surface area contributed by atoms with Gasteiger partial charge in [-0.2, -0.15) is 0 Å². The molecule has 1 aromatic carbocycles. The largest absolute Gasteiger partial charge is 0.493 e. The second-order valence-corrected chi connectivity index (χ2v) is 5.46. The summed E-state index contributed by atoms with van der Waals surface area (Å²) in [6.45, 7) is 2.87. The lowest BCUT2D eigenvalue weighted by Crippen LogP contribution is -2.18. The van der Waals surface area contributed by atoms with Crippen LogP contribution in [0.3, 0.4) is 0 Å². The van der Waals surface area contributed by atoms with Gasteiger partial charge in [0.2, 0.25) is 0 Å². The molecular weight excluding hydrogens is 266 g/mol. The van der Waals surface area contributed by atoms with Crippen LogP contribution in [-0.2, 0) is 12.8 Å². The van der Waals surface area contributed by atoms with Gasteiger partial charge in [0.25, 0.3) is 0 Å². The summed E-state index contributed by atoms with van der Waals surface area (Å²) in [7, 11) is 0. The number of benzene rings is 1. The molecule has 1 aliphatic rings. The second-order valence-electron chi connectivity index (χ2n) is 4.54. The molecule has 1 aromatic rings. The van der Waals surface area contributed by atoms with Gasteiger partial charge in [-0.1, -0.05) is 15.9 Å². The molecule has 0 aliphatic carbocycles. The lowest BCUT2D eigenvalue weighted by Gasteiger charge is -2.15. The zero-order valence-corrected chi connectivity index (χ0v) is 11.2. The molecular formula is C13H18BrNO. The van der Waals surface area contributed by atoms with Crippen LogP contribution in [0, 0.1) is 0 Å². The Balaban J connectivity index is 2.38. The highest BCUT2D eigenvalue weighted by Gasteiger charge is 2.15. The maximum absolute atomic E-state index is 5.88. The van der Waals surface area contributed by atoms with Crippen LogP contribution in [0.1, 0.15) is 30.9 Å². The molecule has 0 amide bonds. The highest BCUT2D eigenvalue weighted by atomic mass is 79.9. The van der Waals surface area contributed by atoms with E-state index in [1.165, 1.54) is 17.5 Å². The Kier molecular flexibility index (Phi) is 3.87. The smallest absolute Gasteiger partial charge is 0.125 e.